The second-order valence-corrected chi connectivity index (χ2v) is 9.30. The predicted molar refractivity (Wildman–Crippen MR) is 153 cm³/mol. The number of unbranched alkanes of at least 4 members (excludes halogenated alkanes) is 2. The van der Waals surface area contributed by atoms with Crippen LogP contribution in [0.15, 0.2) is 89.1 Å². The zero-order valence-corrected chi connectivity index (χ0v) is 22.9. The molecule has 1 aromatic carbocycles. The number of nitrogens with zero attached hydrogens (tertiary/aromatic N) is 2. The maximum absolute atomic E-state index is 13.8. The van der Waals surface area contributed by atoms with E-state index in [0.29, 0.717) is 29.6 Å². The summed E-state index contributed by atoms with van der Waals surface area (Å²) in [4.78, 5) is 19.1. The first kappa shape index (κ1) is 30.3. The molecule has 1 aromatic rings. The molecule has 0 radical (unpaired) electrons. The summed E-state index contributed by atoms with van der Waals surface area (Å²) in [5.74, 6) is -0.0773. The van der Waals surface area contributed by atoms with Gasteiger partial charge in [0.25, 0.3) is 0 Å². The number of carbonyl (C=O) groups is 1. The van der Waals surface area contributed by atoms with Gasteiger partial charge in [0.1, 0.15) is 18.2 Å². The number of likely N-dealkylation sites (N-methyl/N-ethyl adjacent to an activating group) is 1. The van der Waals surface area contributed by atoms with Gasteiger partial charge in [-0.05, 0) is 56.8 Å². The fourth-order valence-corrected chi connectivity index (χ4v) is 3.66. The topological polar surface area (TPSA) is 53.9 Å². The molecule has 200 valence electrons. The van der Waals surface area contributed by atoms with Crippen LogP contribution in [0.5, 0.6) is 0 Å². The van der Waals surface area contributed by atoms with Gasteiger partial charge in [-0.25, -0.2) is 4.39 Å². The second-order valence-electron chi connectivity index (χ2n) is 8.86. The summed E-state index contributed by atoms with van der Waals surface area (Å²) < 4.78 is 19.6. The minimum Gasteiger partial charge on any atom is -0.492 e. The van der Waals surface area contributed by atoms with Crippen LogP contribution in [-0.2, 0) is 9.53 Å². The number of amides is 1. The Bertz CT molecular complexity index is 1030. The molecule has 1 amide bonds. The molecule has 0 saturated carbocycles. The highest BCUT2D eigenvalue weighted by Crippen LogP contribution is 2.21. The Labute approximate surface area is 226 Å². The minimum atomic E-state index is -0.372. The highest BCUT2D eigenvalue weighted by atomic mass is 35.5. The number of ether oxygens (including phenoxy) is 1. The van der Waals surface area contributed by atoms with Crippen molar-refractivity contribution in [3.8, 4) is 0 Å². The largest absolute Gasteiger partial charge is 0.492 e. The molecule has 0 fully saturated rings. The van der Waals surface area contributed by atoms with Gasteiger partial charge >= 0.3 is 0 Å². The standard InChI is InChI=1S/C30H39ClFN3O2/c1-4-6-7-18-35(3)19-20-37-29(21-27(32)5-2)12-9-17-33-30(36)22-28-11-8-10-25(23-34-28)24-13-15-26(31)16-14-24/h5,8-16,21,23,25H,4,6-7,17-20,22H2,1-3H3,(H,33,36)/b12-9+,27-5+,29-21+. The molecule has 1 aliphatic heterocycles. The number of halogens is 2. The van der Waals surface area contributed by atoms with Crippen LogP contribution in [0.3, 0.4) is 0 Å². The lowest BCUT2D eigenvalue weighted by atomic mass is 10.0. The van der Waals surface area contributed by atoms with E-state index in [2.05, 4.69) is 29.2 Å². The molecule has 1 atom stereocenters. The van der Waals surface area contributed by atoms with Crippen LogP contribution < -0.4 is 5.32 Å². The summed E-state index contributed by atoms with van der Waals surface area (Å²) in [5.41, 5.74) is 1.76. The average molecular weight is 528 g/mol. The Morgan fingerprint density at radius 2 is 2.03 bits per heavy atom. The first-order chi connectivity index (χ1) is 17.9. The van der Waals surface area contributed by atoms with Crippen LogP contribution >= 0.6 is 11.6 Å². The van der Waals surface area contributed by atoms with E-state index in [1.165, 1.54) is 25.0 Å². The summed E-state index contributed by atoms with van der Waals surface area (Å²) in [6, 6.07) is 7.64. The summed E-state index contributed by atoms with van der Waals surface area (Å²) in [6.45, 7) is 6.34. The highest BCUT2D eigenvalue weighted by molar-refractivity contribution is 6.30. The Balaban J connectivity index is 1.80. The molecular weight excluding hydrogens is 489 g/mol. The van der Waals surface area contributed by atoms with Crippen LogP contribution in [-0.4, -0.2) is 50.3 Å². The molecule has 2 rings (SSSR count). The van der Waals surface area contributed by atoms with Crippen molar-refractivity contribution in [1.82, 2.24) is 10.2 Å². The smallest absolute Gasteiger partial charge is 0.226 e. The third-order valence-corrected chi connectivity index (χ3v) is 6.00. The van der Waals surface area contributed by atoms with Gasteiger partial charge in [0.15, 0.2) is 0 Å². The fraction of sp³-hybridized carbons (Fsp3) is 0.400. The van der Waals surface area contributed by atoms with Gasteiger partial charge in [0.05, 0.1) is 6.42 Å². The van der Waals surface area contributed by atoms with Crippen molar-refractivity contribution in [2.24, 2.45) is 4.99 Å². The molecule has 0 spiro atoms. The first-order valence-electron chi connectivity index (χ1n) is 12.9. The molecule has 0 saturated heterocycles. The SMILES string of the molecule is C\C=C(F)/C=C(\C=C\CNC(=O)CC1=CC=CC(c2ccc(Cl)cc2)C=N1)OCCN(C)CCCCC. The Kier molecular flexibility index (Phi) is 14.3. The maximum atomic E-state index is 13.8. The monoisotopic (exact) mass is 527 g/mol. The van der Waals surface area contributed by atoms with Crippen molar-refractivity contribution >= 4 is 23.7 Å². The van der Waals surface area contributed by atoms with E-state index < -0.39 is 0 Å². The average Bonchev–Trinajstić information content (AvgIpc) is 3.12. The van der Waals surface area contributed by atoms with Gasteiger partial charge in [-0.2, -0.15) is 0 Å². The molecule has 0 aliphatic carbocycles. The number of allylic oxidation sites excluding steroid dienone is 7. The van der Waals surface area contributed by atoms with Gasteiger partial charge < -0.3 is 15.0 Å². The van der Waals surface area contributed by atoms with Gasteiger partial charge in [-0.3, -0.25) is 9.79 Å². The fourth-order valence-electron chi connectivity index (χ4n) is 3.54. The van der Waals surface area contributed by atoms with Gasteiger partial charge in [-0.15, -0.1) is 0 Å². The lowest BCUT2D eigenvalue weighted by molar-refractivity contribution is -0.120. The normalized spacial score (nSPS) is 16.3. The highest BCUT2D eigenvalue weighted by Gasteiger charge is 2.10. The number of hydrogen-bond donors (Lipinski definition) is 1. The minimum absolute atomic E-state index is 0.0240. The second kappa shape index (κ2) is 17.5. The van der Waals surface area contributed by atoms with E-state index in [-0.39, 0.29) is 24.1 Å². The number of nitrogens with one attached hydrogen (secondary N) is 1. The van der Waals surface area contributed by atoms with Crippen LogP contribution in [0.25, 0.3) is 0 Å². The Hall–Kier alpha value is -2.96. The van der Waals surface area contributed by atoms with E-state index >= 15 is 0 Å². The molecule has 1 unspecified atom stereocenters. The molecule has 5 nitrogen and oxygen atoms in total. The third-order valence-electron chi connectivity index (χ3n) is 5.74. The van der Waals surface area contributed by atoms with E-state index in [4.69, 9.17) is 16.3 Å². The Morgan fingerprint density at radius 3 is 2.76 bits per heavy atom. The Morgan fingerprint density at radius 1 is 1.24 bits per heavy atom. The number of carbonyl (C=O) groups excluding carboxylic acids is 1. The first-order valence-corrected chi connectivity index (χ1v) is 13.2. The van der Waals surface area contributed by atoms with Crippen LogP contribution in [0, 0.1) is 0 Å². The third kappa shape index (κ3) is 12.7. The lowest BCUT2D eigenvalue weighted by Crippen LogP contribution is -2.24. The zero-order valence-electron chi connectivity index (χ0n) is 22.1. The zero-order chi connectivity index (χ0) is 26.9. The number of rotatable bonds is 15. The summed E-state index contributed by atoms with van der Waals surface area (Å²) >= 11 is 5.97. The predicted octanol–water partition coefficient (Wildman–Crippen LogP) is 6.91. The van der Waals surface area contributed by atoms with E-state index in [1.54, 1.807) is 19.1 Å². The van der Waals surface area contributed by atoms with Gasteiger partial charge in [0.2, 0.25) is 5.91 Å². The van der Waals surface area contributed by atoms with E-state index in [9.17, 15) is 9.18 Å². The van der Waals surface area contributed by atoms with Crippen LogP contribution in [0.2, 0.25) is 5.02 Å². The lowest BCUT2D eigenvalue weighted by Gasteiger charge is -2.17. The molecule has 0 bridgehead atoms. The number of aliphatic imine (C=N–C) groups is 1. The van der Waals surface area contributed by atoms with Crippen molar-refractivity contribution in [1.29, 1.82) is 0 Å². The maximum Gasteiger partial charge on any atom is 0.226 e. The quantitative estimate of drug-likeness (QED) is 0.153. The molecule has 37 heavy (non-hydrogen) atoms. The molecule has 0 aromatic heterocycles. The van der Waals surface area contributed by atoms with Crippen molar-refractivity contribution in [2.75, 3.05) is 33.3 Å². The number of benzene rings is 1. The molecule has 7 heteroatoms. The molecule has 1 aliphatic rings. The van der Waals surface area contributed by atoms with Gasteiger partial charge in [-0.1, -0.05) is 67.8 Å². The summed E-state index contributed by atoms with van der Waals surface area (Å²) in [7, 11) is 2.06. The van der Waals surface area contributed by atoms with Crippen molar-refractivity contribution in [2.45, 2.75) is 45.4 Å². The van der Waals surface area contributed by atoms with E-state index in [1.807, 2.05) is 48.7 Å². The van der Waals surface area contributed by atoms with Crippen molar-refractivity contribution < 1.29 is 13.9 Å². The molecule has 1 heterocycles. The number of hydrogen-bond acceptors (Lipinski definition) is 4. The summed E-state index contributed by atoms with van der Waals surface area (Å²) in [5, 5.41) is 3.54. The van der Waals surface area contributed by atoms with Gasteiger partial charge in [0, 0.05) is 42.0 Å². The van der Waals surface area contributed by atoms with E-state index in [0.717, 1.165) is 25.1 Å². The van der Waals surface area contributed by atoms with Crippen LogP contribution in [0.1, 0.15) is 51.0 Å². The van der Waals surface area contributed by atoms with Crippen molar-refractivity contribution in [3.63, 3.8) is 0 Å². The van der Waals surface area contributed by atoms with Crippen LogP contribution in [0.4, 0.5) is 4.39 Å². The summed E-state index contributed by atoms with van der Waals surface area (Å²) in [6.07, 6.45) is 17.5. The van der Waals surface area contributed by atoms with Crippen molar-refractivity contribution in [3.05, 3.63) is 94.7 Å². The molecular formula is C30H39ClFN3O2. The molecule has 1 N–H and O–H groups in total.